The number of nitrogens with zero attached hydrogens (tertiary/aromatic N) is 1. The monoisotopic (exact) mass is 389 g/mol. The topological polar surface area (TPSA) is 46.5 Å². The van der Waals surface area contributed by atoms with Crippen molar-refractivity contribution in [3.05, 3.63) is 65.5 Å². The minimum atomic E-state index is -3.44. The van der Waals surface area contributed by atoms with Crippen molar-refractivity contribution >= 4 is 10.0 Å². The van der Waals surface area contributed by atoms with Crippen molar-refractivity contribution in [2.75, 3.05) is 0 Å². The van der Waals surface area contributed by atoms with E-state index in [2.05, 4.69) is 23.9 Å². The minimum absolute atomic E-state index is 0. The Bertz CT molecular complexity index is 423. The number of hydrogen-bond acceptors (Lipinski definition) is 2. The molecule has 0 unspecified atom stereocenters. The summed E-state index contributed by atoms with van der Waals surface area (Å²) in [5, 5.41) is 0. The van der Waals surface area contributed by atoms with E-state index >= 15 is 0 Å². The van der Waals surface area contributed by atoms with Crippen LogP contribution in [0.1, 0.15) is 26.3 Å². The van der Waals surface area contributed by atoms with Gasteiger partial charge in [0.15, 0.2) is 0 Å². The molecule has 1 rings (SSSR count). The van der Waals surface area contributed by atoms with Crippen LogP contribution < -0.4 is 0 Å². The molecule has 0 aliphatic carbocycles. The summed E-state index contributed by atoms with van der Waals surface area (Å²) in [5.74, 6) is 1.42. The third-order valence-corrected chi connectivity index (χ3v) is 3.61. The third-order valence-electron chi connectivity index (χ3n) is 1.40. The van der Waals surface area contributed by atoms with Crippen LogP contribution in [-0.2, 0) is 28.1 Å². The Labute approximate surface area is 137 Å². The fourth-order valence-corrected chi connectivity index (χ4v) is 1.81. The van der Waals surface area contributed by atoms with Gasteiger partial charge in [-0.3, -0.25) is 0 Å². The summed E-state index contributed by atoms with van der Waals surface area (Å²) in [6.45, 7) is 8.15. The summed E-state index contributed by atoms with van der Waals surface area (Å²) in [6, 6.07) is 6.54. The molecular weight excluding hydrogens is 361 g/mol. The minimum Gasteiger partial charge on any atom is -0.358 e. The van der Waals surface area contributed by atoms with Gasteiger partial charge in [-0.1, -0.05) is 0 Å². The van der Waals surface area contributed by atoms with Gasteiger partial charge in [0.25, 0.3) is 0 Å². The van der Waals surface area contributed by atoms with Crippen molar-refractivity contribution in [2.45, 2.75) is 32.6 Å². The maximum Gasteiger partial charge on any atom is -0.358 e. The van der Waals surface area contributed by atoms with Crippen LogP contribution in [0.4, 0.5) is 0 Å². The second kappa shape index (κ2) is 15.0. The fraction of sp³-hybridized carbons (Fsp3) is 0.267. The normalized spacial score (nSPS) is 8.50. The van der Waals surface area contributed by atoms with Gasteiger partial charge in [0.2, 0.25) is 0 Å². The Balaban J connectivity index is -0.0000000844. The first kappa shape index (κ1) is 31.8. The second-order valence-electron chi connectivity index (χ2n) is 3.85. The van der Waals surface area contributed by atoms with E-state index in [1.807, 2.05) is 25.0 Å². The van der Waals surface area contributed by atoms with Crippen molar-refractivity contribution in [3.63, 3.8) is 0 Å². The Kier molecular flexibility index (Phi) is 23.8. The molecule has 0 aliphatic heterocycles. The molecule has 0 bridgehead atoms. The molecule has 0 radical (unpaired) electrons. The molecule has 0 spiro atoms. The van der Waals surface area contributed by atoms with Gasteiger partial charge in [0, 0.05) is 0 Å². The predicted molar refractivity (Wildman–Crippen MR) is 86.7 cm³/mol. The molecule has 0 atom stereocenters. The van der Waals surface area contributed by atoms with E-state index in [4.69, 9.17) is 0 Å². The van der Waals surface area contributed by atoms with Gasteiger partial charge in [-0.2, -0.15) is 20.8 Å². The first-order valence-corrected chi connectivity index (χ1v) is 6.86. The number of rotatable bonds is 2. The molecule has 3 nitrogen and oxygen atoms in total. The molecule has 0 aliphatic rings. The van der Waals surface area contributed by atoms with Crippen LogP contribution in [0.5, 0.6) is 0 Å². The van der Waals surface area contributed by atoms with Gasteiger partial charge >= 0.3 is 81.3 Å². The molecule has 1 aromatic rings. The predicted octanol–water partition coefficient (Wildman–Crippen LogP) is 4.84. The Morgan fingerprint density at radius 1 is 0.950 bits per heavy atom. The van der Waals surface area contributed by atoms with Gasteiger partial charge in [-0.25, -0.2) is 0 Å². The molecule has 0 fully saturated rings. The van der Waals surface area contributed by atoms with E-state index < -0.39 is 10.0 Å². The first-order valence-electron chi connectivity index (χ1n) is 4.69. The largest absolute Gasteiger partial charge is 0.358 e. The zero-order chi connectivity index (χ0) is 12.8. The summed E-state index contributed by atoms with van der Waals surface area (Å²) in [5.41, 5.74) is 1.02. The van der Waals surface area contributed by atoms with E-state index in [1.54, 1.807) is 12.1 Å². The molecule has 0 saturated heterocycles. The van der Waals surface area contributed by atoms with Crippen LogP contribution in [0, 0.1) is 42.5 Å². The van der Waals surface area contributed by atoms with Gasteiger partial charge in [0.1, 0.15) is 0 Å². The van der Waals surface area contributed by atoms with Crippen LogP contribution in [0.2, 0.25) is 0 Å². The van der Waals surface area contributed by atoms with E-state index in [9.17, 15) is 8.42 Å². The third kappa shape index (κ3) is 14.0. The quantitative estimate of drug-likeness (QED) is 0.537. The Morgan fingerprint density at radius 3 is 1.50 bits per heavy atom. The molecule has 0 amide bonds. The smallest absolute Gasteiger partial charge is 0.358 e. The molecule has 0 heterocycles. The summed E-state index contributed by atoms with van der Waals surface area (Å²) in [4.78, 5) is 0.218. The van der Waals surface area contributed by atoms with Gasteiger partial charge in [-0.05, 0) is 0 Å². The maximum atomic E-state index is 11.1. The zero-order valence-corrected chi connectivity index (χ0v) is 16.3. The van der Waals surface area contributed by atoms with Gasteiger partial charge in [-0.15, -0.1) is 0 Å². The Hall–Kier alpha value is -0.407. The van der Waals surface area contributed by atoms with Crippen LogP contribution in [0.25, 0.3) is 0 Å². The number of hydrogen-bond donors (Lipinski definition) is 0. The molecule has 1 aromatic carbocycles. The summed E-state index contributed by atoms with van der Waals surface area (Å²) in [7, 11) is -3.44. The van der Waals surface area contributed by atoms with E-state index in [-0.39, 0.29) is 34.6 Å². The van der Waals surface area contributed by atoms with E-state index in [0.29, 0.717) is 0 Å². The number of aryl methyl sites for hydroxylation is 1. The molecule has 0 aromatic heterocycles. The number of sulfonamides is 1. The zero-order valence-electron chi connectivity index (χ0n) is 13.8. The van der Waals surface area contributed by atoms with Gasteiger partial charge < -0.3 is 35.6 Å². The molecule has 0 saturated carbocycles. The van der Waals surface area contributed by atoms with E-state index in [0.717, 1.165) is 5.56 Å². The van der Waals surface area contributed by atoms with Crippen molar-refractivity contribution in [1.29, 1.82) is 0 Å². The van der Waals surface area contributed by atoms with Crippen molar-refractivity contribution in [2.24, 2.45) is 3.09 Å². The molecule has 5 heteroatoms. The van der Waals surface area contributed by atoms with Crippen molar-refractivity contribution in [3.8, 4) is 0 Å². The number of benzene rings is 1. The molecule has 0 N–H and O–H groups in total. The average Bonchev–Trinajstić information content (AvgIpc) is 2.17. The first-order chi connectivity index (χ1) is 7.29. The standard InChI is InChI=1S/C7H7NO2S.C4H9.4CH3.Rh/c1-6-2-4-7(5-3-6)11(8,9)10;1-4(2)3;;;;;/h2-5H,1H3;1-3H3;4*1H3;/q;5*-1;. The Morgan fingerprint density at radius 2 is 1.25 bits per heavy atom. The van der Waals surface area contributed by atoms with Crippen LogP contribution in [0.3, 0.4) is 0 Å². The van der Waals surface area contributed by atoms with E-state index in [1.165, 1.54) is 18.1 Å². The van der Waals surface area contributed by atoms with Crippen molar-refractivity contribution in [1.82, 2.24) is 0 Å². The summed E-state index contributed by atoms with van der Waals surface area (Å²) >= 11 is 2.03. The maximum absolute atomic E-state index is 11.1. The summed E-state index contributed by atoms with van der Waals surface area (Å²) < 4.78 is 25.4. The van der Waals surface area contributed by atoms with Gasteiger partial charge in [0.05, 0.1) is 0 Å². The molecular formula is C15H28NO2RhS-5. The summed E-state index contributed by atoms with van der Waals surface area (Å²) in [6.07, 6.45) is 0. The van der Waals surface area contributed by atoms with Crippen LogP contribution >= 0.6 is 0 Å². The molecule has 20 heavy (non-hydrogen) atoms. The SMILES string of the molecule is C[C-](C)C.Cc1ccc(S(=O)(=O)[N]=[Rh])cc1.[CH3-].[CH3-].[CH3-].[CH3-]. The van der Waals surface area contributed by atoms with Crippen LogP contribution in [0.15, 0.2) is 32.2 Å². The van der Waals surface area contributed by atoms with Crippen molar-refractivity contribution < 1.29 is 26.5 Å². The fourth-order valence-electron chi connectivity index (χ4n) is 0.745. The van der Waals surface area contributed by atoms with Crippen LogP contribution in [-0.4, -0.2) is 8.42 Å². The molecule has 125 valence electrons. The average molecular weight is 389 g/mol. The second-order valence-corrected chi connectivity index (χ2v) is 6.29.